The minimum atomic E-state index is -1.33. The summed E-state index contributed by atoms with van der Waals surface area (Å²) >= 11 is 41.8. The predicted molar refractivity (Wildman–Crippen MR) is 528 cm³/mol. The minimum Gasteiger partial charge on any atom is -0.450 e. The van der Waals surface area contributed by atoms with Gasteiger partial charge in [-0.3, -0.25) is 0 Å². The molecule has 1 heterocycles. The van der Waals surface area contributed by atoms with E-state index in [-0.39, 0.29) is 102 Å². The zero-order valence-corrected chi connectivity index (χ0v) is 80.6. The molecule has 0 radical (unpaired) electrons. The topological polar surface area (TPSA) is 437 Å². The first-order valence-electron chi connectivity index (χ1n) is 41.8. The number of rotatable bonds is 42. The smallest absolute Gasteiger partial charge is 0.450 e. The summed E-state index contributed by atoms with van der Waals surface area (Å²) in [7, 11) is -6.56. The molecule has 1 aromatic carbocycles. The molecule has 1 aliphatic carbocycles. The normalized spacial score (nSPS) is 17.0. The summed E-state index contributed by atoms with van der Waals surface area (Å²) in [5.74, 6) is 2.14. The number of thiocarbonyl (C=S) groups is 8. The molecular weight excluding hydrogens is 1590 g/mol. The summed E-state index contributed by atoms with van der Waals surface area (Å²) in [4.78, 5) is 6.66. The van der Waals surface area contributed by atoms with Crippen LogP contribution in [0.4, 0.5) is 0 Å². The first-order valence-corrected chi connectivity index (χ1v) is 45.0. The molecule has 27 N–H and O–H groups in total. The number of nitrogens with one attached hydrogen (secondary N) is 1. The van der Waals surface area contributed by atoms with Crippen LogP contribution >= 0.6 is 97.7 Å². The lowest BCUT2D eigenvalue weighted by atomic mass is 9.58. The van der Waals surface area contributed by atoms with Crippen LogP contribution in [0.3, 0.4) is 0 Å². The number of hydrogen-bond acceptors (Lipinski definition) is 28. The van der Waals surface area contributed by atoms with Crippen molar-refractivity contribution in [3.63, 3.8) is 0 Å². The Balaban J connectivity index is -0.000000400. The van der Waals surface area contributed by atoms with Gasteiger partial charge < -0.3 is 106 Å². The van der Waals surface area contributed by atoms with Crippen molar-refractivity contribution in [2.75, 3.05) is 6.54 Å². The van der Waals surface area contributed by atoms with Gasteiger partial charge in [-0.1, -0.05) is 293 Å². The van der Waals surface area contributed by atoms with Gasteiger partial charge in [0.2, 0.25) is 0 Å². The lowest BCUT2D eigenvalue weighted by Gasteiger charge is -2.28. The van der Waals surface area contributed by atoms with E-state index in [0.717, 1.165) is 99.1 Å². The first kappa shape index (κ1) is 122. The molecule has 1 saturated heterocycles. The van der Waals surface area contributed by atoms with E-state index in [9.17, 15) is 25.1 Å². The van der Waals surface area contributed by atoms with Crippen molar-refractivity contribution < 1.29 is 60.3 Å². The van der Waals surface area contributed by atoms with Crippen LogP contribution in [0.25, 0.3) is 0 Å². The molecule has 1 saturated carbocycles. The highest BCUT2D eigenvalue weighted by molar-refractivity contribution is 7.82. The van der Waals surface area contributed by atoms with E-state index < -0.39 is 35.6 Å². The standard InChI is InChI=1S/C15H24BNO2S.C12H26BNO2S.C11H22BNO2S.C9H20BNO2S.C9H18BNOS.C8H18BNO2S.C8H17NS.C7H16BNOS/c1-11(2)8-13(16(18)19)10-15(20)14(17)9-12-6-4-3-5-7-12;1-8(2)5-10(13(15)16)7-12(17)11(14)6-9(3)4;1-8(12(14)15)7-10(16)11(13)9-5-3-2-4-6-9;1-6(10(12)13)5-7(14)8(11)9(2,3)4;1-7(10(2)12)6-9(13)8-4-3-5-11-8;1-5(2)8(10)7(13)4-6(3)9(11)12;1-4-7(9)8(10)5-6(2)3;1-5(8(3)10)4-7(11)6(2)9/h3-7,11,13-14,18-19H,8-10,17H2,1-2H3;8-11,15-16H,5-7,14H2,1-4H3;8-9,11,14-15H,2-7,13H2,1H3;6,8,12-13H,5,11H2,1-4H3;7-8,11-12H,3-6H2,1-2H3;5-6,8,11-12H,4,10H2,1-3H3;6-7H,4-5,9H2,1-3H3;5-6,10H,4,9H2,1-3H3/t13-,14+;10-,11+;8-,11+;6-,8-;7-,8+;6-,8+;7-;5-,6+/m11111101/s1. The van der Waals surface area contributed by atoms with Crippen LogP contribution in [-0.2, 0) is 6.42 Å². The lowest BCUT2D eigenvalue weighted by Crippen LogP contribution is -2.42. The fourth-order valence-corrected chi connectivity index (χ4v) is 15.0. The Morgan fingerprint density at radius 3 is 1.15 bits per heavy atom. The Morgan fingerprint density at radius 2 is 0.807 bits per heavy atom. The van der Waals surface area contributed by atoms with Gasteiger partial charge in [0.05, 0.1) is 0 Å². The molecule has 0 spiro atoms. The maximum atomic E-state index is 9.44. The van der Waals surface area contributed by atoms with E-state index in [1.54, 1.807) is 27.6 Å². The van der Waals surface area contributed by atoms with Crippen LogP contribution in [0.5, 0.6) is 0 Å². The molecular formula is C79H161B7N8O12S8. The highest BCUT2D eigenvalue weighted by Crippen LogP contribution is 2.30. The Labute approximate surface area is 739 Å². The van der Waals surface area contributed by atoms with Gasteiger partial charge in [0, 0.05) is 87.3 Å². The second kappa shape index (κ2) is 68.0. The average Bonchev–Trinajstić information content (AvgIpc) is 1.09. The largest absolute Gasteiger partial charge is 0.455 e. The second-order valence-electron chi connectivity index (χ2n) is 35.5. The van der Waals surface area contributed by atoms with Crippen molar-refractivity contribution in [1.82, 2.24) is 5.32 Å². The minimum absolute atomic E-state index is 0.0359. The van der Waals surface area contributed by atoms with Crippen LogP contribution in [0, 0.1) is 40.9 Å². The zero-order chi connectivity index (χ0) is 90.0. The van der Waals surface area contributed by atoms with E-state index in [0.29, 0.717) is 89.8 Å². The highest BCUT2D eigenvalue weighted by atomic mass is 32.1. The fraction of sp³-hybridized carbons (Fsp3) is 0.823. The quantitative estimate of drug-likeness (QED) is 0.0213. The molecule has 3 rings (SSSR count). The van der Waals surface area contributed by atoms with Gasteiger partial charge in [-0.15, -0.1) is 0 Å². The average molecular weight is 1750 g/mol. The molecule has 20 nitrogen and oxygen atoms in total. The van der Waals surface area contributed by atoms with Crippen molar-refractivity contribution in [2.24, 2.45) is 81.1 Å². The molecule has 1 aromatic rings. The summed E-state index contributed by atoms with van der Waals surface area (Å²) < 4.78 is 0. The van der Waals surface area contributed by atoms with Gasteiger partial charge in [0.25, 0.3) is 13.8 Å². The molecule has 0 unspecified atom stereocenters. The third kappa shape index (κ3) is 63.5. The van der Waals surface area contributed by atoms with E-state index in [1.165, 1.54) is 32.1 Å². The molecule has 0 aromatic heterocycles. The van der Waals surface area contributed by atoms with Crippen LogP contribution in [0.1, 0.15) is 266 Å². The monoisotopic (exact) mass is 1750 g/mol. The Morgan fingerprint density at radius 1 is 0.421 bits per heavy atom. The van der Waals surface area contributed by atoms with Crippen LogP contribution in [0.15, 0.2) is 30.3 Å². The van der Waals surface area contributed by atoms with Crippen LogP contribution in [0.2, 0.25) is 54.4 Å². The van der Waals surface area contributed by atoms with Crippen molar-refractivity contribution in [3.8, 4) is 0 Å². The predicted octanol–water partition coefficient (Wildman–Crippen LogP) is 12.0. The zero-order valence-electron chi connectivity index (χ0n) is 74.1. The summed E-state index contributed by atoms with van der Waals surface area (Å²) in [6, 6.07) is 9.80. The summed E-state index contributed by atoms with van der Waals surface area (Å²) in [5, 5.41) is 113. The molecule has 2 aliphatic rings. The van der Waals surface area contributed by atoms with E-state index in [4.69, 9.17) is 173 Å². The number of hydrogen-bond donors (Lipinski definition) is 20. The molecule has 35 heteroatoms. The van der Waals surface area contributed by atoms with Gasteiger partial charge in [-0.2, -0.15) is 0 Å². The maximum absolute atomic E-state index is 9.44. The second-order valence-corrected chi connectivity index (χ2v) is 39.7. The number of benzene rings is 1. The number of nitrogens with two attached hydrogens (primary N) is 7. The molecule has 114 heavy (non-hydrogen) atoms. The van der Waals surface area contributed by atoms with Gasteiger partial charge in [0.1, 0.15) is 0 Å². The summed E-state index contributed by atoms with van der Waals surface area (Å²) in [6.45, 7) is 44.2. The van der Waals surface area contributed by atoms with Crippen molar-refractivity contribution in [1.29, 1.82) is 0 Å². The van der Waals surface area contributed by atoms with E-state index in [1.807, 2.05) is 92.5 Å². The Kier molecular flexibility index (Phi) is 72.8. The van der Waals surface area contributed by atoms with Gasteiger partial charge in [0.15, 0.2) is 0 Å². The van der Waals surface area contributed by atoms with Crippen LogP contribution < -0.4 is 45.5 Å². The molecule has 2 fully saturated rings. The lowest BCUT2D eigenvalue weighted by molar-refractivity contribution is 0.340. The van der Waals surface area contributed by atoms with Gasteiger partial charge >= 0.3 is 35.6 Å². The molecule has 15 atom stereocenters. The third-order valence-corrected chi connectivity index (χ3v) is 24.0. The molecule has 658 valence electrons. The molecule has 1 aliphatic heterocycles. The van der Waals surface area contributed by atoms with Crippen molar-refractivity contribution in [2.45, 2.75) is 370 Å². The SMILES string of the molecule is CB(O)[C@H](C)CC(=S)[C@@H]1CCCN1.CB(O)[C@H](C)CC(=S)[C@H](C)N.CC(C)C[C@H](CC(=S)[C@@H](N)CC(C)C)B(O)O.CC(C)C[C@H](CC(=S)[C@@H](N)Cc1ccccc1)B(O)O.CC(C)[C@H](N)C(=S)C[C@@H](C)B(O)O.CC[C@H](N)C(=S)CC(C)C.C[C@H](CC(=S)[C@@H](N)C(C)(C)C)B(O)O.C[C@H](CC(=S)[C@@H](N)C1CCCCC1)B(O)O. The highest BCUT2D eigenvalue weighted by Gasteiger charge is 2.32. The summed E-state index contributed by atoms with van der Waals surface area (Å²) in [5.41, 5.74) is 42.4. The van der Waals surface area contributed by atoms with Crippen molar-refractivity contribution >= 4 is 186 Å². The Bertz CT molecular complexity index is 2710. The van der Waals surface area contributed by atoms with Gasteiger partial charge in [-0.05, 0) is 210 Å². The maximum Gasteiger partial charge on any atom is 0.455 e. The van der Waals surface area contributed by atoms with Gasteiger partial charge in [-0.25, -0.2) is 0 Å². The first-order chi connectivity index (χ1) is 52.3. The fourth-order valence-electron chi connectivity index (χ4n) is 11.6. The summed E-state index contributed by atoms with van der Waals surface area (Å²) in [6.07, 6.45) is 17.6. The Hall–Kier alpha value is -0.405. The van der Waals surface area contributed by atoms with Crippen LogP contribution in [-0.4, -0.2) is 204 Å². The van der Waals surface area contributed by atoms with E-state index >= 15 is 0 Å². The third-order valence-electron chi connectivity index (χ3n) is 20.3. The molecule has 0 bridgehead atoms. The van der Waals surface area contributed by atoms with Crippen molar-refractivity contribution in [3.05, 3.63) is 35.9 Å². The molecule has 0 amide bonds. The van der Waals surface area contributed by atoms with E-state index in [2.05, 4.69) is 67.6 Å².